The van der Waals surface area contributed by atoms with Gasteiger partial charge in [-0.3, -0.25) is 4.79 Å². The minimum Gasteiger partial charge on any atom is -0.354 e. The van der Waals surface area contributed by atoms with Crippen LogP contribution in [0.4, 0.5) is 0 Å². The molecular weight excluding hydrogens is 252 g/mol. The molecule has 1 aromatic heterocycles. The molecule has 0 aliphatic heterocycles. The van der Waals surface area contributed by atoms with Gasteiger partial charge in [0, 0.05) is 25.5 Å². The van der Waals surface area contributed by atoms with Gasteiger partial charge in [0.05, 0.1) is 6.33 Å². The predicted octanol–water partition coefficient (Wildman–Crippen LogP) is 1.48. The Morgan fingerprint density at radius 1 is 1.30 bits per heavy atom. The fraction of sp³-hybridized carbons (Fsp3) is 0.333. The quantitative estimate of drug-likeness (QED) is 0.750. The molecule has 0 unspecified atom stereocenters. The zero-order valence-corrected chi connectivity index (χ0v) is 11.4. The van der Waals surface area contributed by atoms with E-state index in [1.807, 2.05) is 41.1 Å². The number of unbranched alkanes of at least 4 members (excludes halogenated alkanes) is 1. The minimum absolute atomic E-state index is 0.126. The molecule has 2 rings (SSSR count). The van der Waals surface area contributed by atoms with Gasteiger partial charge in [-0.15, -0.1) is 0 Å². The van der Waals surface area contributed by atoms with E-state index in [0.29, 0.717) is 6.54 Å². The van der Waals surface area contributed by atoms with Crippen LogP contribution in [0.5, 0.6) is 0 Å². The Morgan fingerprint density at radius 3 is 2.80 bits per heavy atom. The van der Waals surface area contributed by atoms with Crippen LogP contribution in [0.1, 0.15) is 24.4 Å². The van der Waals surface area contributed by atoms with Gasteiger partial charge in [-0.1, -0.05) is 30.3 Å². The van der Waals surface area contributed by atoms with Crippen LogP contribution in [0.15, 0.2) is 49.1 Å². The van der Waals surface area contributed by atoms with Gasteiger partial charge in [0.2, 0.25) is 5.91 Å². The summed E-state index contributed by atoms with van der Waals surface area (Å²) >= 11 is 0. The molecule has 3 N–H and O–H groups in total. The number of nitrogens with zero attached hydrogens (tertiary/aromatic N) is 2. The van der Waals surface area contributed by atoms with E-state index in [0.717, 1.165) is 24.9 Å². The van der Waals surface area contributed by atoms with Crippen LogP contribution >= 0.6 is 0 Å². The molecule has 5 nitrogen and oxygen atoms in total. The third-order valence-corrected chi connectivity index (χ3v) is 3.14. The Balaban J connectivity index is 1.65. The highest BCUT2D eigenvalue weighted by atomic mass is 16.2. The lowest BCUT2D eigenvalue weighted by Crippen LogP contribution is -2.34. The molecule has 0 spiro atoms. The van der Waals surface area contributed by atoms with E-state index < -0.39 is 6.04 Å². The summed E-state index contributed by atoms with van der Waals surface area (Å²) in [6, 6.07) is 8.81. The summed E-state index contributed by atoms with van der Waals surface area (Å²) < 4.78 is 2.03. The summed E-state index contributed by atoms with van der Waals surface area (Å²) in [5.74, 6) is -0.126. The molecule has 20 heavy (non-hydrogen) atoms. The van der Waals surface area contributed by atoms with E-state index in [2.05, 4.69) is 10.3 Å². The second kappa shape index (κ2) is 7.45. The Morgan fingerprint density at radius 2 is 2.10 bits per heavy atom. The van der Waals surface area contributed by atoms with Crippen molar-refractivity contribution in [3.8, 4) is 0 Å². The van der Waals surface area contributed by atoms with Gasteiger partial charge in [-0.05, 0) is 18.4 Å². The standard InChI is InChI=1S/C15H20N4O/c16-14(13-6-2-1-3-7-13)15(20)18-8-4-5-10-19-11-9-17-12-19/h1-3,6-7,9,11-12,14H,4-5,8,10,16H2,(H,18,20)/t14-/m1/s1. The first kappa shape index (κ1) is 14.3. The van der Waals surface area contributed by atoms with Crippen molar-refractivity contribution in [3.63, 3.8) is 0 Å². The number of amides is 1. The van der Waals surface area contributed by atoms with E-state index in [4.69, 9.17) is 5.73 Å². The molecule has 1 atom stereocenters. The van der Waals surface area contributed by atoms with Gasteiger partial charge in [0.15, 0.2) is 0 Å². The van der Waals surface area contributed by atoms with Gasteiger partial charge in [-0.25, -0.2) is 4.98 Å². The number of nitrogens with one attached hydrogen (secondary N) is 1. The van der Waals surface area contributed by atoms with Crippen molar-refractivity contribution in [2.24, 2.45) is 5.73 Å². The van der Waals surface area contributed by atoms with E-state index in [1.165, 1.54) is 0 Å². The minimum atomic E-state index is -0.593. The molecule has 5 heteroatoms. The zero-order chi connectivity index (χ0) is 14.2. The number of rotatable bonds is 7. The van der Waals surface area contributed by atoms with Crippen molar-refractivity contribution in [2.75, 3.05) is 6.54 Å². The first-order valence-electron chi connectivity index (χ1n) is 6.81. The molecule has 0 radical (unpaired) electrons. The topological polar surface area (TPSA) is 72.9 Å². The second-order valence-electron chi connectivity index (χ2n) is 4.69. The summed E-state index contributed by atoms with van der Waals surface area (Å²) in [5.41, 5.74) is 6.74. The average molecular weight is 272 g/mol. The molecule has 0 saturated heterocycles. The SMILES string of the molecule is N[C@@H](C(=O)NCCCCn1ccnc1)c1ccccc1. The first-order valence-corrected chi connectivity index (χ1v) is 6.81. The fourth-order valence-corrected chi connectivity index (χ4v) is 1.97. The van der Waals surface area contributed by atoms with Crippen LogP contribution in [-0.4, -0.2) is 22.0 Å². The number of aryl methyl sites for hydroxylation is 1. The highest BCUT2D eigenvalue weighted by molar-refractivity contribution is 5.82. The molecule has 1 aromatic carbocycles. The summed E-state index contributed by atoms with van der Waals surface area (Å²) in [6.07, 6.45) is 7.41. The molecule has 1 amide bonds. The maximum atomic E-state index is 11.9. The van der Waals surface area contributed by atoms with Gasteiger partial charge in [0.25, 0.3) is 0 Å². The van der Waals surface area contributed by atoms with Gasteiger partial charge in [0.1, 0.15) is 6.04 Å². The van der Waals surface area contributed by atoms with Crippen LogP contribution in [-0.2, 0) is 11.3 Å². The Labute approximate surface area is 118 Å². The van der Waals surface area contributed by atoms with E-state index in [-0.39, 0.29) is 5.91 Å². The first-order chi connectivity index (χ1) is 9.77. The number of benzene rings is 1. The molecular formula is C15H20N4O. The Kier molecular flexibility index (Phi) is 5.32. The number of carbonyl (C=O) groups excluding carboxylic acids is 1. The van der Waals surface area contributed by atoms with E-state index in [1.54, 1.807) is 12.5 Å². The number of hydrogen-bond donors (Lipinski definition) is 2. The van der Waals surface area contributed by atoms with E-state index in [9.17, 15) is 4.79 Å². The van der Waals surface area contributed by atoms with Crippen LogP contribution in [0, 0.1) is 0 Å². The molecule has 0 aliphatic carbocycles. The summed E-state index contributed by atoms with van der Waals surface area (Å²) in [6.45, 7) is 1.56. The maximum Gasteiger partial charge on any atom is 0.241 e. The summed E-state index contributed by atoms with van der Waals surface area (Å²) in [7, 11) is 0. The summed E-state index contributed by atoms with van der Waals surface area (Å²) in [5, 5.41) is 2.87. The van der Waals surface area contributed by atoms with Crippen molar-refractivity contribution in [3.05, 3.63) is 54.6 Å². The molecule has 2 aromatic rings. The lowest BCUT2D eigenvalue weighted by Gasteiger charge is -2.12. The lowest BCUT2D eigenvalue weighted by molar-refractivity contribution is -0.122. The third kappa shape index (κ3) is 4.20. The van der Waals surface area contributed by atoms with Crippen LogP contribution in [0.3, 0.4) is 0 Å². The summed E-state index contributed by atoms with van der Waals surface area (Å²) in [4.78, 5) is 15.9. The zero-order valence-electron chi connectivity index (χ0n) is 11.4. The highest BCUT2D eigenvalue weighted by Gasteiger charge is 2.14. The fourth-order valence-electron chi connectivity index (χ4n) is 1.97. The number of aromatic nitrogens is 2. The predicted molar refractivity (Wildman–Crippen MR) is 77.8 cm³/mol. The van der Waals surface area contributed by atoms with Crippen molar-refractivity contribution in [1.82, 2.24) is 14.9 Å². The van der Waals surface area contributed by atoms with Crippen LogP contribution in [0.2, 0.25) is 0 Å². The van der Waals surface area contributed by atoms with Crippen molar-refractivity contribution in [2.45, 2.75) is 25.4 Å². The van der Waals surface area contributed by atoms with Crippen molar-refractivity contribution >= 4 is 5.91 Å². The number of imidazole rings is 1. The van der Waals surface area contributed by atoms with Gasteiger partial charge in [-0.2, -0.15) is 0 Å². The number of hydrogen-bond acceptors (Lipinski definition) is 3. The second-order valence-corrected chi connectivity index (χ2v) is 4.69. The van der Waals surface area contributed by atoms with Gasteiger partial charge >= 0.3 is 0 Å². The van der Waals surface area contributed by atoms with Crippen LogP contribution < -0.4 is 11.1 Å². The Bertz CT molecular complexity index is 510. The molecule has 0 aliphatic rings. The highest BCUT2D eigenvalue weighted by Crippen LogP contribution is 2.09. The molecule has 0 saturated carbocycles. The van der Waals surface area contributed by atoms with Crippen molar-refractivity contribution in [1.29, 1.82) is 0 Å². The monoisotopic (exact) mass is 272 g/mol. The van der Waals surface area contributed by atoms with Crippen molar-refractivity contribution < 1.29 is 4.79 Å². The molecule has 106 valence electrons. The molecule has 0 fully saturated rings. The number of carbonyl (C=O) groups is 1. The van der Waals surface area contributed by atoms with Gasteiger partial charge < -0.3 is 15.6 Å². The Hall–Kier alpha value is -2.14. The third-order valence-electron chi connectivity index (χ3n) is 3.14. The number of nitrogens with two attached hydrogens (primary N) is 1. The normalized spacial score (nSPS) is 12.1. The maximum absolute atomic E-state index is 11.9. The lowest BCUT2D eigenvalue weighted by atomic mass is 10.1. The molecule has 0 bridgehead atoms. The van der Waals surface area contributed by atoms with Crippen LogP contribution in [0.25, 0.3) is 0 Å². The largest absolute Gasteiger partial charge is 0.354 e. The average Bonchev–Trinajstić information content (AvgIpc) is 3.00. The van der Waals surface area contributed by atoms with E-state index >= 15 is 0 Å². The molecule has 1 heterocycles. The smallest absolute Gasteiger partial charge is 0.241 e.